The topological polar surface area (TPSA) is 144 Å². The van der Waals surface area contributed by atoms with Crippen LogP contribution in [-0.4, -0.2) is 64.6 Å². The Morgan fingerprint density at radius 1 is 0.821 bits per heavy atom. The van der Waals surface area contributed by atoms with Crippen LogP contribution >= 0.6 is 0 Å². The van der Waals surface area contributed by atoms with Crippen molar-refractivity contribution in [2.75, 3.05) is 13.1 Å². The highest BCUT2D eigenvalue weighted by molar-refractivity contribution is 6.17. The number of nitrogens with two attached hydrogens (primary N) is 2. The summed E-state index contributed by atoms with van der Waals surface area (Å²) < 4.78 is 77.9. The van der Waals surface area contributed by atoms with Gasteiger partial charge in [-0.15, -0.1) is 0 Å². The number of halogens is 6. The van der Waals surface area contributed by atoms with Crippen LogP contribution < -0.4 is 11.5 Å². The Kier molecular flexibility index (Phi) is 9.04. The normalized spacial score (nSPS) is 14.3. The van der Waals surface area contributed by atoms with Crippen LogP contribution in [-0.2, 0) is 19.2 Å². The number of carbonyl (C=O) groups is 4. The third-order valence-electron chi connectivity index (χ3n) is 3.65. The van der Waals surface area contributed by atoms with Gasteiger partial charge in [-0.05, 0) is 38.8 Å². The minimum absolute atomic E-state index is 0.0285. The van der Waals surface area contributed by atoms with Crippen molar-refractivity contribution in [3.63, 3.8) is 0 Å². The Labute approximate surface area is 154 Å². The lowest BCUT2D eigenvalue weighted by atomic mass is 9.85. The maximum Gasteiger partial charge on any atom is 0.471 e. The first-order chi connectivity index (χ1) is 12.7. The molecule has 0 saturated carbocycles. The maximum absolute atomic E-state index is 13.0. The largest absolute Gasteiger partial charge is 0.479 e. The molecule has 0 rings (SSSR count). The highest BCUT2D eigenvalue weighted by Crippen LogP contribution is 2.35. The number of carbonyl (C=O) groups excluding carboxylic acids is 3. The monoisotopic (exact) mass is 423 g/mol. The van der Waals surface area contributed by atoms with E-state index in [4.69, 9.17) is 11.5 Å². The molecular formula is C14H19F6N3O5. The predicted octanol–water partition coefficient (Wildman–Crippen LogP) is 0.727. The predicted molar refractivity (Wildman–Crippen MR) is 80.5 cm³/mol. The minimum atomic E-state index is -5.95. The summed E-state index contributed by atoms with van der Waals surface area (Å²) in [5.74, 6) is -11.0. The fourth-order valence-electron chi connectivity index (χ4n) is 2.38. The van der Waals surface area contributed by atoms with E-state index in [-0.39, 0.29) is 19.4 Å². The standard InChI is InChI=1S/C14H19F6N3O5/c15-13(16,17)9(25)12(11(27)28,5-3-7-22)23(10(26)14(18,19)20)8(24)4-1-2-6-21/h1-7,21-22H2,(H,27,28)/t12-/m1/s1. The van der Waals surface area contributed by atoms with Crippen LogP contribution in [0.4, 0.5) is 26.3 Å². The van der Waals surface area contributed by atoms with Crippen molar-refractivity contribution in [1.29, 1.82) is 0 Å². The van der Waals surface area contributed by atoms with Gasteiger partial charge in [-0.3, -0.25) is 14.4 Å². The molecule has 0 aliphatic heterocycles. The number of alkyl halides is 6. The van der Waals surface area contributed by atoms with Gasteiger partial charge in [0, 0.05) is 6.42 Å². The summed E-state index contributed by atoms with van der Waals surface area (Å²) in [4.78, 5) is 46.3. The van der Waals surface area contributed by atoms with Crippen molar-refractivity contribution in [3.8, 4) is 0 Å². The number of hydrogen-bond donors (Lipinski definition) is 3. The molecule has 0 aromatic carbocycles. The number of imide groups is 1. The summed E-state index contributed by atoms with van der Waals surface area (Å²) in [6.45, 7) is -0.547. The van der Waals surface area contributed by atoms with Gasteiger partial charge in [0.05, 0.1) is 0 Å². The summed E-state index contributed by atoms with van der Waals surface area (Å²) >= 11 is 0. The number of ketones is 1. The van der Waals surface area contributed by atoms with Gasteiger partial charge < -0.3 is 16.6 Å². The lowest BCUT2D eigenvalue weighted by molar-refractivity contribution is -0.207. The van der Waals surface area contributed by atoms with Crippen molar-refractivity contribution < 1.29 is 50.6 Å². The molecule has 162 valence electrons. The summed E-state index contributed by atoms with van der Waals surface area (Å²) in [6.07, 6.45) is -15.1. The molecule has 5 N–H and O–H groups in total. The van der Waals surface area contributed by atoms with Gasteiger partial charge in [0.2, 0.25) is 11.4 Å². The molecule has 0 spiro atoms. The van der Waals surface area contributed by atoms with E-state index < -0.39 is 72.2 Å². The Morgan fingerprint density at radius 2 is 1.32 bits per heavy atom. The number of Topliss-reactive ketones (excluding diaryl/α,β-unsaturated/α-hetero) is 1. The summed E-state index contributed by atoms with van der Waals surface area (Å²) in [6, 6.07) is 0. The third-order valence-corrected chi connectivity index (χ3v) is 3.65. The van der Waals surface area contributed by atoms with Crippen molar-refractivity contribution in [3.05, 3.63) is 0 Å². The fourth-order valence-corrected chi connectivity index (χ4v) is 2.38. The molecule has 0 aromatic rings. The van der Waals surface area contributed by atoms with Crippen LogP contribution in [0.2, 0.25) is 0 Å². The van der Waals surface area contributed by atoms with E-state index in [0.717, 1.165) is 0 Å². The quantitative estimate of drug-likeness (QED) is 0.267. The minimum Gasteiger partial charge on any atom is -0.479 e. The number of amides is 2. The molecule has 0 bridgehead atoms. The Morgan fingerprint density at radius 3 is 1.68 bits per heavy atom. The van der Waals surface area contributed by atoms with Crippen molar-refractivity contribution in [2.24, 2.45) is 11.5 Å². The van der Waals surface area contributed by atoms with Crippen LogP contribution in [0.5, 0.6) is 0 Å². The molecule has 8 nitrogen and oxygen atoms in total. The second-order valence-corrected chi connectivity index (χ2v) is 5.66. The average molecular weight is 423 g/mol. The van der Waals surface area contributed by atoms with Crippen molar-refractivity contribution in [2.45, 2.75) is 50.0 Å². The van der Waals surface area contributed by atoms with Gasteiger partial charge >= 0.3 is 24.2 Å². The molecule has 14 heteroatoms. The Balaban J connectivity index is 6.64. The molecule has 0 heterocycles. The molecule has 0 aliphatic rings. The fraction of sp³-hybridized carbons (Fsp3) is 0.714. The van der Waals surface area contributed by atoms with Gasteiger partial charge in [-0.2, -0.15) is 26.3 Å². The van der Waals surface area contributed by atoms with Crippen LogP contribution in [0.3, 0.4) is 0 Å². The molecule has 2 amide bonds. The molecule has 0 aromatic heterocycles. The first-order valence-corrected chi connectivity index (χ1v) is 7.87. The first kappa shape index (κ1) is 25.8. The van der Waals surface area contributed by atoms with Crippen molar-refractivity contribution >= 4 is 23.6 Å². The second-order valence-electron chi connectivity index (χ2n) is 5.66. The molecular weight excluding hydrogens is 404 g/mol. The molecule has 0 aliphatic carbocycles. The summed E-state index contributed by atoms with van der Waals surface area (Å²) in [7, 11) is 0. The molecule has 0 radical (unpaired) electrons. The van der Waals surface area contributed by atoms with Gasteiger partial charge in [-0.1, -0.05) is 0 Å². The second kappa shape index (κ2) is 9.82. The number of rotatable bonds is 10. The van der Waals surface area contributed by atoms with Gasteiger partial charge in [0.15, 0.2) is 0 Å². The number of unbranched alkanes of at least 4 members (excludes halogenated alkanes) is 1. The van der Waals surface area contributed by atoms with Crippen LogP contribution in [0, 0.1) is 0 Å². The number of carboxylic acids is 1. The van der Waals surface area contributed by atoms with Gasteiger partial charge in [0.1, 0.15) is 0 Å². The summed E-state index contributed by atoms with van der Waals surface area (Å²) in [5, 5.41) is 9.29. The van der Waals surface area contributed by atoms with Crippen LogP contribution in [0.1, 0.15) is 32.1 Å². The SMILES string of the molecule is NCCCCC(=O)N(C(=O)C(F)(F)F)[C@@](CCCN)(C(=O)O)C(=O)C(F)(F)F. The van der Waals surface area contributed by atoms with Crippen molar-refractivity contribution in [1.82, 2.24) is 4.90 Å². The van der Waals surface area contributed by atoms with Gasteiger partial charge in [0.25, 0.3) is 5.78 Å². The van der Waals surface area contributed by atoms with E-state index >= 15 is 0 Å². The maximum atomic E-state index is 13.0. The molecule has 28 heavy (non-hydrogen) atoms. The number of carboxylic acid groups (broad SMARTS) is 1. The first-order valence-electron chi connectivity index (χ1n) is 7.87. The van der Waals surface area contributed by atoms with E-state index in [1.54, 1.807) is 0 Å². The van der Waals surface area contributed by atoms with E-state index in [0.29, 0.717) is 0 Å². The van der Waals surface area contributed by atoms with Crippen LogP contribution in [0.25, 0.3) is 0 Å². The zero-order valence-electron chi connectivity index (χ0n) is 14.4. The van der Waals surface area contributed by atoms with E-state index in [1.165, 1.54) is 0 Å². The lowest BCUT2D eigenvalue weighted by Gasteiger charge is -2.38. The molecule has 1 atom stereocenters. The Hall–Kier alpha value is -2.22. The molecule has 0 fully saturated rings. The van der Waals surface area contributed by atoms with Gasteiger partial charge in [-0.25, -0.2) is 9.69 Å². The molecule has 0 saturated heterocycles. The number of aliphatic carboxylic acids is 1. The zero-order valence-corrected chi connectivity index (χ0v) is 14.4. The highest BCUT2D eigenvalue weighted by Gasteiger charge is 2.66. The average Bonchev–Trinajstić information content (AvgIpc) is 2.55. The van der Waals surface area contributed by atoms with E-state index in [1.807, 2.05) is 0 Å². The van der Waals surface area contributed by atoms with E-state index in [2.05, 4.69) is 0 Å². The molecule has 0 unspecified atom stereocenters. The number of nitrogens with zero attached hydrogens (tertiary/aromatic N) is 1. The lowest BCUT2D eigenvalue weighted by Crippen LogP contribution is -2.68. The Bertz CT molecular complexity index is 607. The number of hydrogen-bond acceptors (Lipinski definition) is 6. The smallest absolute Gasteiger partial charge is 0.471 e. The van der Waals surface area contributed by atoms with Crippen LogP contribution in [0.15, 0.2) is 0 Å². The third kappa shape index (κ3) is 5.89. The zero-order chi connectivity index (χ0) is 22.3. The highest BCUT2D eigenvalue weighted by atomic mass is 19.4. The van der Waals surface area contributed by atoms with E-state index in [9.17, 15) is 50.6 Å². The summed E-state index contributed by atoms with van der Waals surface area (Å²) in [5.41, 5.74) is 6.08.